The third-order valence-electron chi connectivity index (χ3n) is 1.08. The first-order valence-electron chi connectivity index (χ1n) is 3.67. The van der Waals surface area contributed by atoms with Gasteiger partial charge in [0.05, 0.1) is 0 Å². The second kappa shape index (κ2) is 4.59. The molecule has 0 bridgehead atoms. The van der Waals surface area contributed by atoms with Crippen molar-refractivity contribution in [1.29, 1.82) is 0 Å². The van der Waals surface area contributed by atoms with E-state index in [1.807, 2.05) is 18.2 Å². The molecule has 0 atom stereocenters. The summed E-state index contributed by atoms with van der Waals surface area (Å²) in [7, 11) is -0.877. The summed E-state index contributed by atoms with van der Waals surface area (Å²) in [6, 6.07) is 10.2. The number of rotatable bonds is 3. The van der Waals surface area contributed by atoms with Gasteiger partial charge >= 0.3 is 0 Å². The Kier molecular flexibility index (Phi) is 3.69. The highest BCUT2D eigenvalue weighted by atomic mass is 32.2. The molecule has 0 N–H and O–H groups in total. The molecule has 1 rings (SSSR count). The molecular weight excluding hydrogens is 172 g/mol. The van der Waals surface area contributed by atoms with E-state index in [2.05, 4.69) is 25.2 Å². The third-order valence-corrected chi connectivity index (χ3v) is 3.47. The maximum atomic E-state index is 5.48. The van der Waals surface area contributed by atoms with Crippen molar-refractivity contribution in [2.75, 3.05) is 0 Å². The predicted molar refractivity (Wildman–Crippen MR) is 52.3 cm³/mol. The van der Waals surface area contributed by atoms with Gasteiger partial charge in [0.15, 0.2) is 9.04 Å². The average molecular weight is 184 g/mol. The molecule has 0 aliphatic heterocycles. The van der Waals surface area contributed by atoms with Crippen LogP contribution < -0.4 is 0 Å². The van der Waals surface area contributed by atoms with Crippen molar-refractivity contribution in [3.63, 3.8) is 0 Å². The molecule has 0 spiro atoms. The van der Waals surface area contributed by atoms with Gasteiger partial charge in [-0.25, -0.2) is 0 Å². The van der Waals surface area contributed by atoms with Crippen LogP contribution in [-0.4, -0.2) is 9.04 Å². The lowest BCUT2D eigenvalue weighted by atomic mass is 10.4. The van der Waals surface area contributed by atoms with E-state index in [1.54, 1.807) is 0 Å². The summed E-state index contributed by atoms with van der Waals surface area (Å²) in [5, 5.41) is 0. The van der Waals surface area contributed by atoms with Crippen LogP contribution in [0.5, 0.6) is 0 Å². The molecule has 0 aliphatic rings. The molecule has 0 heterocycles. The van der Waals surface area contributed by atoms with Crippen LogP contribution in [0.3, 0.4) is 0 Å². The lowest BCUT2D eigenvalue weighted by Crippen LogP contribution is -1.99. The Balaban J connectivity index is 2.39. The van der Waals surface area contributed by atoms with Gasteiger partial charge in [0.1, 0.15) is 0 Å². The van der Waals surface area contributed by atoms with Gasteiger partial charge < -0.3 is 3.87 Å². The number of hydrogen-bond acceptors (Lipinski definition) is 2. The maximum absolute atomic E-state index is 5.48. The molecule has 0 saturated heterocycles. The summed E-state index contributed by atoms with van der Waals surface area (Å²) >= 11 is 1.49. The van der Waals surface area contributed by atoms with E-state index in [-0.39, 0.29) is 0 Å². The normalized spacial score (nSPS) is 10.5. The van der Waals surface area contributed by atoms with Crippen molar-refractivity contribution in [1.82, 2.24) is 0 Å². The Labute approximate surface area is 73.7 Å². The van der Waals surface area contributed by atoms with Gasteiger partial charge in [-0.15, -0.1) is 0 Å². The molecule has 0 aromatic heterocycles. The summed E-state index contributed by atoms with van der Waals surface area (Å²) in [5.74, 6) is 0. The summed E-state index contributed by atoms with van der Waals surface area (Å²) in [5.41, 5.74) is 0. The molecule has 0 amide bonds. The molecule has 0 fully saturated rings. The number of hydrogen-bond donors (Lipinski definition) is 0. The molecule has 1 aromatic rings. The van der Waals surface area contributed by atoms with Crippen molar-refractivity contribution in [2.45, 2.75) is 18.0 Å². The first kappa shape index (κ1) is 8.84. The Morgan fingerprint density at radius 1 is 1.18 bits per heavy atom. The summed E-state index contributed by atoms with van der Waals surface area (Å²) in [4.78, 5) is 1.19. The lowest BCUT2D eigenvalue weighted by Gasteiger charge is -2.03. The minimum atomic E-state index is -0.877. The Morgan fingerprint density at radius 2 is 1.82 bits per heavy atom. The number of benzene rings is 1. The molecule has 11 heavy (non-hydrogen) atoms. The first-order valence-corrected chi connectivity index (χ1v) is 7.19. The Morgan fingerprint density at radius 3 is 2.36 bits per heavy atom. The fourth-order valence-corrected chi connectivity index (χ4v) is 2.11. The van der Waals surface area contributed by atoms with Crippen molar-refractivity contribution in [3.05, 3.63) is 30.3 Å². The third kappa shape index (κ3) is 3.60. The maximum Gasteiger partial charge on any atom is 0.190 e. The van der Waals surface area contributed by atoms with Gasteiger partial charge in [0.2, 0.25) is 0 Å². The van der Waals surface area contributed by atoms with Crippen LogP contribution >= 0.6 is 12.0 Å². The van der Waals surface area contributed by atoms with E-state index >= 15 is 0 Å². The highest BCUT2D eigenvalue weighted by molar-refractivity contribution is 7.95. The van der Waals surface area contributed by atoms with Crippen molar-refractivity contribution >= 4 is 21.1 Å². The fourth-order valence-electron chi connectivity index (χ4n) is 0.628. The van der Waals surface area contributed by atoms with Crippen LogP contribution in [0.1, 0.15) is 0 Å². The Bertz CT molecular complexity index is 201. The highest BCUT2D eigenvalue weighted by Crippen LogP contribution is 2.18. The second-order valence-corrected chi connectivity index (χ2v) is 6.05. The predicted octanol–water partition coefficient (Wildman–Crippen LogP) is 2.69. The fraction of sp³-hybridized carbons (Fsp3) is 0.250. The molecule has 0 saturated carbocycles. The van der Waals surface area contributed by atoms with Crippen molar-refractivity contribution in [2.24, 2.45) is 0 Å². The highest BCUT2D eigenvalue weighted by Gasteiger charge is 1.96. The molecular formula is C8H12OSSi. The SMILES string of the molecule is C[SiH](C)OSc1ccccc1. The smallest absolute Gasteiger partial charge is 0.190 e. The standard InChI is InChI=1S/C8H12OSSi/c1-11(2)9-10-8-6-4-3-5-7-8/h3-7,11H,1-2H3. The van der Waals surface area contributed by atoms with E-state index in [9.17, 15) is 0 Å². The zero-order chi connectivity index (χ0) is 8.10. The van der Waals surface area contributed by atoms with Gasteiger partial charge in [-0.3, -0.25) is 0 Å². The van der Waals surface area contributed by atoms with E-state index < -0.39 is 9.04 Å². The molecule has 0 radical (unpaired) electrons. The van der Waals surface area contributed by atoms with E-state index in [4.69, 9.17) is 3.87 Å². The monoisotopic (exact) mass is 184 g/mol. The minimum absolute atomic E-state index is 0.877. The average Bonchev–Trinajstić information content (AvgIpc) is 2.03. The topological polar surface area (TPSA) is 9.23 Å². The van der Waals surface area contributed by atoms with Gasteiger partial charge in [-0.2, -0.15) is 0 Å². The largest absolute Gasteiger partial charge is 0.358 e. The summed E-state index contributed by atoms with van der Waals surface area (Å²) in [6.45, 7) is 4.33. The van der Waals surface area contributed by atoms with E-state index in [0.717, 1.165) is 0 Å². The van der Waals surface area contributed by atoms with Crippen LogP contribution in [0.2, 0.25) is 13.1 Å². The van der Waals surface area contributed by atoms with Crippen LogP contribution in [-0.2, 0) is 3.87 Å². The van der Waals surface area contributed by atoms with Crippen LogP contribution in [0.25, 0.3) is 0 Å². The lowest BCUT2D eigenvalue weighted by molar-refractivity contribution is 0.680. The van der Waals surface area contributed by atoms with Crippen molar-refractivity contribution in [3.8, 4) is 0 Å². The van der Waals surface area contributed by atoms with E-state index in [0.29, 0.717) is 0 Å². The van der Waals surface area contributed by atoms with E-state index in [1.165, 1.54) is 16.9 Å². The van der Waals surface area contributed by atoms with Crippen molar-refractivity contribution < 1.29 is 3.87 Å². The first-order chi connectivity index (χ1) is 5.29. The molecule has 0 unspecified atom stereocenters. The zero-order valence-electron chi connectivity index (χ0n) is 6.78. The minimum Gasteiger partial charge on any atom is -0.358 e. The van der Waals surface area contributed by atoms with Crippen LogP contribution in [0.15, 0.2) is 35.2 Å². The van der Waals surface area contributed by atoms with Crippen LogP contribution in [0.4, 0.5) is 0 Å². The molecule has 60 valence electrons. The summed E-state index contributed by atoms with van der Waals surface area (Å²) in [6.07, 6.45) is 0. The van der Waals surface area contributed by atoms with Gasteiger partial charge in [0.25, 0.3) is 0 Å². The Hall–Kier alpha value is -0.253. The molecule has 1 aromatic carbocycles. The zero-order valence-corrected chi connectivity index (χ0v) is 8.75. The van der Waals surface area contributed by atoms with Gasteiger partial charge in [-0.05, 0) is 25.2 Å². The van der Waals surface area contributed by atoms with Gasteiger partial charge in [0, 0.05) is 16.9 Å². The van der Waals surface area contributed by atoms with Crippen LogP contribution in [0, 0.1) is 0 Å². The quantitative estimate of drug-likeness (QED) is 0.527. The molecule has 0 aliphatic carbocycles. The summed E-state index contributed by atoms with van der Waals surface area (Å²) < 4.78 is 5.48. The molecule has 1 nitrogen and oxygen atoms in total. The van der Waals surface area contributed by atoms with Gasteiger partial charge in [-0.1, -0.05) is 18.2 Å². The molecule has 3 heteroatoms. The second-order valence-electron chi connectivity index (χ2n) is 2.54.